The second kappa shape index (κ2) is 7.38. The van der Waals surface area contributed by atoms with Crippen molar-refractivity contribution < 1.29 is 4.74 Å². The highest BCUT2D eigenvalue weighted by Crippen LogP contribution is 2.31. The summed E-state index contributed by atoms with van der Waals surface area (Å²) < 4.78 is 7.78. The standard InChI is InChI=1S/C23H22N8O/c1-14-9-30(10-15(2)32-14)22-8-20(24-12-25-22)23-18-7-16(3-5-19(18)27-29-23)17-4-6-21-28-26-13-31(21)11-17/h3-8,11-15H,9-10H2,1-2H3,(H,27,29)/t14-,15+. The Hall–Kier alpha value is -3.85. The molecule has 5 aromatic rings. The maximum atomic E-state index is 5.86. The number of fused-ring (bicyclic) bond motifs is 2. The van der Waals surface area contributed by atoms with Crippen LogP contribution in [-0.4, -0.2) is 60.1 Å². The lowest BCUT2D eigenvalue weighted by Gasteiger charge is -2.36. The van der Waals surface area contributed by atoms with Crippen LogP contribution in [0.25, 0.3) is 39.1 Å². The third-order valence-corrected chi connectivity index (χ3v) is 5.83. The molecule has 1 N–H and O–H groups in total. The first kappa shape index (κ1) is 18.9. The van der Waals surface area contributed by atoms with E-state index in [4.69, 9.17) is 4.74 Å². The lowest BCUT2D eigenvalue weighted by molar-refractivity contribution is -0.00546. The third kappa shape index (κ3) is 3.27. The Morgan fingerprint density at radius 1 is 1.00 bits per heavy atom. The predicted molar refractivity (Wildman–Crippen MR) is 121 cm³/mol. The van der Waals surface area contributed by atoms with E-state index in [1.807, 2.05) is 28.8 Å². The van der Waals surface area contributed by atoms with Gasteiger partial charge in [0.05, 0.1) is 23.4 Å². The Labute approximate surface area is 184 Å². The van der Waals surface area contributed by atoms with Crippen molar-refractivity contribution in [2.45, 2.75) is 26.1 Å². The second-order valence-corrected chi connectivity index (χ2v) is 8.27. The number of aromatic amines is 1. The molecule has 1 fully saturated rings. The molecule has 0 unspecified atom stereocenters. The van der Waals surface area contributed by atoms with Gasteiger partial charge in [0.15, 0.2) is 5.65 Å². The molecule has 1 aromatic carbocycles. The second-order valence-electron chi connectivity index (χ2n) is 8.27. The largest absolute Gasteiger partial charge is 0.372 e. The van der Waals surface area contributed by atoms with Crippen LogP contribution in [0.15, 0.2) is 55.2 Å². The van der Waals surface area contributed by atoms with Gasteiger partial charge in [0.2, 0.25) is 0 Å². The molecule has 0 radical (unpaired) electrons. The van der Waals surface area contributed by atoms with Crippen molar-refractivity contribution in [2.75, 3.05) is 18.0 Å². The first-order chi connectivity index (χ1) is 15.6. The Bertz CT molecular complexity index is 1410. The molecule has 5 heterocycles. The number of aromatic nitrogens is 7. The van der Waals surface area contributed by atoms with E-state index in [0.29, 0.717) is 0 Å². The number of rotatable bonds is 3. The Kier molecular flexibility index (Phi) is 4.36. The molecule has 0 saturated carbocycles. The highest BCUT2D eigenvalue weighted by atomic mass is 16.5. The number of ether oxygens (including phenoxy) is 1. The molecular formula is C23H22N8O. The van der Waals surface area contributed by atoms with E-state index >= 15 is 0 Å². The van der Waals surface area contributed by atoms with E-state index in [0.717, 1.165) is 58.0 Å². The topological polar surface area (TPSA) is 97.1 Å². The van der Waals surface area contributed by atoms with E-state index in [2.05, 4.69) is 67.3 Å². The normalized spacial score (nSPS) is 19.1. The summed E-state index contributed by atoms with van der Waals surface area (Å²) in [5.41, 5.74) is 5.54. The number of benzene rings is 1. The van der Waals surface area contributed by atoms with Gasteiger partial charge in [-0.1, -0.05) is 6.07 Å². The Balaban J connectivity index is 1.40. The van der Waals surface area contributed by atoms with Crippen molar-refractivity contribution in [3.8, 4) is 22.5 Å². The summed E-state index contributed by atoms with van der Waals surface area (Å²) in [6.07, 6.45) is 5.67. The summed E-state index contributed by atoms with van der Waals surface area (Å²) in [4.78, 5) is 11.3. The molecule has 4 aromatic heterocycles. The smallest absolute Gasteiger partial charge is 0.160 e. The maximum absolute atomic E-state index is 5.86. The van der Waals surface area contributed by atoms with Crippen molar-refractivity contribution >= 4 is 22.4 Å². The lowest BCUT2D eigenvalue weighted by atomic mass is 10.0. The molecule has 1 aliphatic heterocycles. The molecule has 1 saturated heterocycles. The van der Waals surface area contributed by atoms with Gasteiger partial charge in [-0.05, 0) is 49.2 Å². The molecule has 2 atom stereocenters. The van der Waals surface area contributed by atoms with Crippen LogP contribution in [0.1, 0.15) is 13.8 Å². The van der Waals surface area contributed by atoms with Gasteiger partial charge in [-0.2, -0.15) is 5.10 Å². The molecule has 1 aliphatic rings. The van der Waals surface area contributed by atoms with E-state index in [-0.39, 0.29) is 12.2 Å². The van der Waals surface area contributed by atoms with Crippen molar-refractivity contribution in [2.24, 2.45) is 0 Å². The molecule has 9 heteroatoms. The summed E-state index contributed by atoms with van der Waals surface area (Å²) in [6, 6.07) is 12.3. The van der Waals surface area contributed by atoms with Gasteiger partial charge in [-0.15, -0.1) is 10.2 Å². The fourth-order valence-corrected chi connectivity index (χ4v) is 4.40. The summed E-state index contributed by atoms with van der Waals surface area (Å²) >= 11 is 0. The van der Waals surface area contributed by atoms with Gasteiger partial charge < -0.3 is 9.64 Å². The first-order valence-corrected chi connectivity index (χ1v) is 10.6. The molecule has 0 amide bonds. The van der Waals surface area contributed by atoms with E-state index in [1.54, 1.807) is 12.7 Å². The highest BCUT2D eigenvalue weighted by Gasteiger charge is 2.24. The lowest BCUT2D eigenvalue weighted by Crippen LogP contribution is -2.45. The average molecular weight is 426 g/mol. The SMILES string of the molecule is C[C@@H]1CN(c2cc(-c3n[nH]c4ccc(-c5ccc6nncn6c5)cc34)ncn2)C[C@H](C)O1. The molecule has 9 nitrogen and oxygen atoms in total. The summed E-state index contributed by atoms with van der Waals surface area (Å²) in [7, 11) is 0. The Morgan fingerprint density at radius 2 is 1.84 bits per heavy atom. The molecule has 0 aliphatic carbocycles. The number of morpholine rings is 1. The average Bonchev–Trinajstić information content (AvgIpc) is 3.44. The van der Waals surface area contributed by atoms with E-state index < -0.39 is 0 Å². The first-order valence-electron chi connectivity index (χ1n) is 10.6. The van der Waals surface area contributed by atoms with E-state index in [1.165, 1.54) is 0 Å². The number of H-pyrrole nitrogens is 1. The maximum Gasteiger partial charge on any atom is 0.160 e. The van der Waals surface area contributed by atoms with Crippen molar-refractivity contribution in [3.05, 3.63) is 55.2 Å². The van der Waals surface area contributed by atoms with Crippen LogP contribution in [0, 0.1) is 0 Å². The van der Waals surface area contributed by atoms with Crippen LogP contribution in [0.3, 0.4) is 0 Å². The molecule has 6 rings (SSSR count). The fraction of sp³-hybridized carbons (Fsp3) is 0.261. The molecule has 0 bridgehead atoms. The molecule has 32 heavy (non-hydrogen) atoms. The fourth-order valence-electron chi connectivity index (χ4n) is 4.40. The monoisotopic (exact) mass is 426 g/mol. The summed E-state index contributed by atoms with van der Waals surface area (Å²) in [6.45, 7) is 5.78. The zero-order chi connectivity index (χ0) is 21.7. The van der Waals surface area contributed by atoms with Crippen molar-refractivity contribution in [3.63, 3.8) is 0 Å². The van der Waals surface area contributed by atoms with E-state index in [9.17, 15) is 0 Å². The van der Waals surface area contributed by atoms with Gasteiger partial charge in [0.1, 0.15) is 24.2 Å². The van der Waals surface area contributed by atoms with Crippen LogP contribution in [0.5, 0.6) is 0 Å². The van der Waals surface area contributed by atoms with Gasteiger partial charge in [-0.3, -0.25) is 9.50 Å². The predicted octanol–water partition coefficient (Wildman–Crippen LogP) is 3.34. The number of anilines is 1. The Morgan fingerprint density at radius 3 is 2.72 bits per heavy atom. The number of nitrogens with zero attached hydrogens (tertiary/aromatic N) is 7. The molecule has 0 spiro atoms. The minimum Gasteiger partial charge on any atom is -0.372 e. The van der Waals surface area contributed by atoms with Crippen molar-refractivity contribution in [1.82, 2.24) is 34.8 Å². The number of hydrogen-bond donors (Lipinski definition) is 1. The molecular weight excluding hydrogens is 404 g/mol. The zero-order valence-corrected chi connectivity index (χ0v) is 17.8. The van der Waals surface area contributed by atoms with Gasteiger partial charge >= 0.3 is 0 Å². The van der Waals surface area contributed by atoms with Gasteiger partial charge in [0.25, 0.3) is 0 Å². The minimum absolute atomic E-state index is 0.161. The van der Waals surface area contributed by atoms with Gasteiger partial charge in [0, 0.05) is 30.7 Å². The number of nitrogens with one attached hydrogen (secondary N) is 1. The van der Waals surface area contributed by atoms with Crippen LogP contribution in [0.4, 0.5) is 5.82 Å². The quantitative estimate of drug-likeness (QED) is 0.472. The van der Waals surface area contributed by atoms with Crippen LogP contribution in [-0.2, 0) is 4.74 Å². The summed E-state index contributed by atoms with van der Waals surface area (Å²) in [5.74, 6) is 0.891. The number of pyridine rings is 1. The van der Waals surface area contributed by atoms with Crippen LogP contribution in [0.2, 0.25) is 0 Å². The highest BCUT2D eigenvalue weighted by molar-refractivity contribution is 5.95. The zero-order valence-electron chi connectivity index (χ0n) is 17.8. The van der Waals surface area contributed by atoms with Crippen LogP contribution >= 0.6 is 0 Å². The minimum atomic E-state index is 0.161. The third-order valence-electron chi connectivity index (χ3n) is 5.83. The van der Waals surface area contributed by atoms with Gasteiger partial charge in [-0.25, -0.2) is 9.97 Å². The summed E-state index contributed by atoms with van der Waals surface area (Å²) in [5, 5.41) is 16.8. The molecule has 160 valence electrons. The number of hydrogen-bond acceptors (Lipinski definition) is 7. The van der Waals surface area contributed by atoms with Crippen LogP contribution < -0.4 is 4.90 Å². The van der Waals surface area contributed by atoms with Crippen molar-refractivity contribution in [1.29, 1.82) is 0 Å².